The van der Waals surface area contributed by atoms with E-state index in [0.29, 0.717) is 11.3 Å². The highest BCUT2D eigenvalue weighted by molar-refractivity contribution is 5.93. The molecule has 136 valence electrons. The van der Waals surface area contributed by atoms with Gasteiger partial charge in [0.1, 0.15) is 6.07 Å². The molecule has 1 atom stereocenters. The van der Waals surface area contributed by atoms with Gasteiger partial charge in [-0.2, -0.15) is 5.26 Å². The van der Waals surface area contributed by atoms with Crippen molar-refractivity contribution in [1.82, 2.24) is 0 Å². The number of carbonyl (C=O) groups is 1. The van der Waals surface area contributed by atoms with Gasteiger partial charge < -0.3 is 15.3 Å². The van der Waals surface area contributed by atoms with Crippen LogP contribution in [0.25, 0.3) is 0 Å². The molecule has 1 aromatic rings. The lowest BCUT2D eigenvalue weighted by atomic mass is 9.90. The Kier molecular flexibility index (Phi) is 6.83. The number of hydrogen-bond donors (Lipinski definition) is 2. The molecule has 2 N–H and O–H groups in total. The number of rotatable bonds is 6. The number of nitrogens with zero attached hydrogens (tertiary/aromatic N) is 2. The van der Waals surface area contributed by atoms with Crippen molar-refractivity contribution in [3.63, 3.8) is 0 Å². The van der Waals surface area contributed by atoms with Crippen molar-refractivity contribution in [1.29, 1.82) is 5.26 Å². The Morgan fingerprint density at radius 2 is 2.08 bits per heavy atom. The number of aliphatic hydroxyl groups is 1. The van der Waals surface area contributed by atoms with Gasteiger partial charge in [0.2, 0.25) is 5.91 Å². The highest BCUT2D eigenvalue weighted by atomic mass is 16.3. The average molecular weight is 343 g/mol. The minimum absolute atomic E-state index is 0.0150. The molecule has 0 aliphatic carbocycles. The van der Waals surface area contributed by atoms with E-state index in [2.05, 4.69) is 37.1 Å². The van der Waals surface area contributed by atoms with Crippen LogP contribution in [0.1, 0.15) is 52.0 Å². The van der Waals surface area contributed by atoms with E-state index in [4.69, 9.17) is 0 Å². The summed E-state index contributed by atoms with van der Waals surface area (Å²) in [7, 11) is 0. The molecular weight excluding hydrogens is 314 g/mol. The Hall–Kier alpha value is -2.06. The highest BCUT2D eigenvalue weighted by Crippen LogP contribution is 2.27. The third-order valence-electron chi connectivity index (χ3n) is 4.93. The van der Waals surface area contributed by atoms with Crippen LogP contribution in [0.5, 0.6) is 0 Å². The summed E-state index contributed by atoms with van der Waals surface area (Å²) < 4.78 is 0. The number of anilines is 2. The molecule has 1 aliphatic heterocycles. The molecule has 0 radical (unpaired) electrons. The van der Waals surface area contributed by atoms with E-state index < -0.39 is 0 Å². The summed E-state index contributed by atoms with van der Waals surface area (Å²) in [6.45, 7) is 7.70. The van der Waals surface area contributed by atoms with Gasteiger partial charge in [-0.15, -0.1) is 0 Å². The zero-order chi connectivity index (χ0) is 18.4. The second-order valence-electron chi connectivity index (χ2n) is 7.19. The maximum atomic E-state index is 12.5. The van der Waals surface area contributed by atoms with Crippen LogP contribution in [0, 0.1) is 23.2 Å². The van der Waals surface area contributed by atoms with E-state index in [1.54, 1.807) is 6.07 Å². The van der Waals surface area contributed by atoms with Crippen molar-refractivity contribution in [2.45, 2.75) is 52.6 Å². The summed E-state index contributed by atoms with van der Waals surface area (Å²) in [5.41, 5.74) is 2.11. The van der Waals surface area contributed by atoms with E-state index in [0.717, 1.165) is 44.5 Å². The largest absolute Gasteiger partial charge is 0.393 e. The highest BCUT2D eigenvalue weighted by Gasteiger charge is 2.23. The maximum Gasteiger partial charge on any atom is 0.227 e. The molecule has 0 spiro atoms. The Balaban J connectivity index is 2.13. The SMILES string of the molecule is CCCC(C(=O)Nc1ccc(N2CCC(O)CC2)c(C#N)c1)C(C)C. The van der Waals surface area contributed by atoms with Crippen molar-refractivity contribution in [3.05, 3.63) is 23.8 Å². The van der Waals surface area contributed by atoms with Gasteiger partial charge in [0.05, 0.1) is 17.4 Å². The van der Waals surface area contributed by atoms with Crippen molar-refractivity contribution in [3.8, 4) is 6.07 Å². The first-order valence-electron chi connectivity index (χ1n) is 9.24. The van der Waals surface area contributed by atoms with Crippen LogP contribution in [0.2, 0.25) is 0 Å². The van der Waals surface area contributed by atoms with Crippen LogP contribution in [0.15, 0.2) is 18.2 Å². The number of nitrogens with one attached hydrogen (secondary N) is 1. The molecule has 5 heteroatoms. The fraction of sp³-hybridized carbons (Fsp3) is 0.600. The minimum atomic E-state index is -0.244. The molecule has 1 heterocycles. The summed E-state index contributed by atoms with van der Waals surface area (Å²) in [4.78, 5) is 14.7. The minimum Gasteiger partial charge on any atom is -0.393 e. The predicted molar refractivity (Wildman–Crippen MR) is 100 cm³/mol. The van der Waals surface area contributed by atoms with E-state index in [1.807, 2.05) is 12.1 Å². The number of benzene rings is 1. The molecule has 1 amide bonds. The molecule has 1 unspecified atom stereocenters. The van der Waals surface area contributed by atoms with Crippen LogP contribution >= 0.6 is 0 Å². The normalized spacial score (nSPS) is 16.6. The van der Waals surface area contributed by atoms with E-state index in [-0.39, 0.29) is 23.8 Å². The Bertz CT molecular complexity index is 628. The Labute approximate surface area is 150 Å². The predicted octanol–water partition coefficient (Wildman–Crippen LogP) is 3.53. The first kappa shape index (κ1) is 19.3. The van der Waals surface area contributed by atoms with Crippen molar-refractivity contribution < 1.29 is 9.90 Å². The van der Waals surface area contributed by atoms with Crippen LogP contribution in [-0.4, -0.2) is 30.2 Å². The fourth-order valence-electron chi connectivity index (χ4n) is 3.40. The average Bonchev–Trinajstić information content (AvgIpc) is 2.60. The molecule has 2 rings (SSSR count). The van der Waals surface area contributed by atoms with Gasteiger partial charge in [-0.05, 0) is 43.4 Å². The summed E-state index contributed by atoms with van der Waals surface area (Å²) >= 11 is 0. The maximum absolute atomic E-state index is 12.5. The van der Waals surface area contributed by atoms with Crippen molar-refractivity contribution in [2.75, 3.05) is 23.3 Å². The molecule has 1 aromatic carbocycles. The summed E-state index contributed by atoms with van der Waals surface area (Å²) in [6.07, 6.45) is 3.03. The number of amides is 1. The van der Waals surface area contributed by atoms with Gasteiger partial charge >= 0.3 is 0 Å². The Morgan fingerprint density at radius 1 is 1.40 bits per heavy atom. The van der Waals surface area contributed by atoms with Crippen LogP contribution in [0.3, 0.4) is 0 Å². The third kappa shape index (κ3) is 4.96. The lowest BCUT2D eigenvalue weighted by Crippen LogP contribution is -2.36. The quantitative estimate of drug-likeness (QED) is 0.828. The van der Waals surface area contributed by atoms with E-state index in [1.165, 1.54) is 0 Å². The van der Waals surface area contributed by atoms with Crippen LogP contribution in [-0.2, 0) is 4.79 Å². The number of nitriles is 1. The van der Waals surface area contributed by atoms with E-state index >= 15 is 0 Å². The van der Waals surface area contributed by atoms with Crippen LogP contribution < -0.4 is 10.2 Å². The standard InChI is InChI=1S/C20H29N3O2/c1-4-5-18(14(2)3)20(25)22-16-6-7-19(15(12-16)13-21)23-10-8-17(24)9-11-23/h6-7,12,14,17-18,24H,4-5,8-11H2,1-3H3,(H,22,25). The molecule has 1 aliphatic rings. The molecule has 0 bridgehead atoms. The van der Waals surface area contributed by atoms with Crippen molar-refractivity contribution in [2.24, 2.45) is 11.8 Å². The summed E-state index contributed by atoms with van der Waals surface area (Å²) in [5.74, 6) is 0.294. The number of aliphatic hydroxyl groups excluding tert-OH is 1. The Morgan fingerprint density at radius 3 is 2.64 bits per heavy atom. The molecule has 5 nitrogen and oxygen atoms in total. The zero-order valence-corrected chi connectivity index (χ0v) is 15.5. The molecule has 0 aromatic heterocycles. The van der Waals surface area contributed by atoms with Gasteiger partial charge in [-0.3, -0.25) is 4.79 Å². The lowest BCUT2D eigenvalue weighted by Gasteiger charge is -2.32. The third-order valence-corrected chi connectivity index (χ3v) is 4.93. The first-order chi connectivity index (χ1) is 12.0. The molecular formula is C20H29N3O2. The summed E-state index contributed by atoms with van der Waals surface area (Å²) in [6, 6.07) is 7.75. The van der Waals surface area contributed by atoms with Gasteiger partial charge in [-0.1, -0.05) is 27.2 Å². The molecule has 1 fully saturated rings. The van der Waals surface area contributed by atoms with Gasteiger partial charge in [-0.25, -0.2) is 0 Å². The number of carbonyl (C=O) groups excluding carboxylic acids is 1. The topological polar surface area (TPSA) is 76.4 Å². The van der Waals surface area contributed by atoms with Gasteiger partial charge in [0.25, 0.3) is 0 Å². The van der Waals surface area contributed by atoms with E-state index in [9.17, 15) is 15.2 Å². The number of piperidine rings is 1. The van der Waals surface area contributed by atoms with Crippen molar-refractivity contribution >= 4 is 17.3 Å². The monoisotopic (exact) mass is 343 g/mol. The van der Waals surface area contributed by atoms with Crippen LogP contribution in [0.4, 0.5) is 11.4 Å². The lowest BCUT2D eigenvalue weighted by molar-refractivity contribution is -0.121. The smallest absolute Gasteiger partial charge is 0.227 e. The van der Waals surface area contributed by atoms with Gasteiger partial charge in [0, 0.05) is 24.7 Å². The molecule has 0 saturated carbocycles. The fourth-order valence-corrected chi connectivity index (χ4v) is 3.40. The summed E-state index contributed by atoms with van der Waals surface area (Å²) in [5, 5.41) is 22.1. The van der Waals surface area contributed by atoms with Gasteiger partial charge in [0.15, 0.2) is 0 Å². The second-order valence-corrected chi connectivity index (χ2v) is 7.19. The zero-order valence-electron chi connectivity index (χ0n) is 15.5. The number of hydrogen-bond acceptors (Lipinski definition) is 4. The first-order valence-corrected chi connectivity index (χ1v) is 9.24. The molecule has 1 saturated heterocycles. The molecule has 25 heavy (non-hydrogen) atoms. The second kappa shape index (κ2) is 8.87.